The topological polar surface area (TPSA) is 85.3 Å². The summed E-state index contributed by atoms with van der Waals surface area (Å²) in [5.41, 5.74) is 1.21. The van der Waals surface area contributed by atoms with Crippen LogP contribution in [0.2, 0.25) is 0 Å². The lowest BCUT2D eigenvalue weighted by molar-refractivity contribution is -0.140. The number of amides is 1. The van der Waals surface area contributed by atoms with E-state index in [-0.39, 0.29) is 11.3 Å². The molecule has 1 saturated heterocycles. The highest BCUT2D eigenvalue weighted by atomic mass is 16.5. The quantitative estimate of drug-likeness (QED) is 0.199. The summed E-state index contributed by atoms with van der Waals surface area (Å²) in [7, 11) is 1.59. The van der Waals surface area contributed by atoms with Crippen LogP contribution in [0.25, 0.3) is 5.76 Å². The molecule has 1 atom stereocenters. The second-order valence-electron chi connectivity index (χ2n) is 8.90. The van der Waals surface area contributed by atoms with Crippen molar-refractivity contribution in [2.24, 2.45) is 5.92 Å². The molecule has 0 radical (unpaired) electrons. The molecule has 0 aromatic heterocycles. The van der Waals surface area contributed by atoms with Crippen LogP contribution in [-0.4, -0.2) is 55.2 Å². The van der Waals surface area contributed by atoms with Crippen molar-refractivity contribution in [3.05, 3.63) is 65.2 Å². The van der Waals surface area contributed by atoms with Gasteiger partial charge in [-0.1, -0.05) is 26.0 Å². The number of hydrogen-bond donors (Lipinski definition) is 1. The van der Waals surface area contributed by atoms with Crippen LogP contribution in [0.15, 0.2) is 54.1 Å². The van der Waals surface area contributed by atoms with Crippen molar-refractivity contribution < 1.29 is 28.9 Å². The maximum Gasteiger partial charge on any atom is 0.295 e. The highest BCUT2D eigenvalue weighted by Gasteiger charge is 2.45. The predicted molar refractivity (Wildman–Crippen MR) is 135 cm³/mol. The Balaban J connectivity index is 2.02. The predicted octanol–water partition coefficient (Wildman–Crippen LogP) is 4.97. The number of ketones is 1. The third-order valence-corrected chi connectivity index (χ3v) is 5.86. The normalized spacial score (nSPS) is 17.3. The molecule has 0 aliphatic carbocycles. The molecule has 2 aromatic carbocycles. The lowest BCUT2D eigenvalue weighted by atomic mass is 9.95. The monoisotopic (exact) mass is 481 g/mol. The number of carbonyl (C=O) groups excluding carboxylic acids is 2. The number of hydrogen-bond acceptors (Lipinski definition) is 6. The summed E-state index contributed by atoms with van der Waals surface area (Å²) in [6.45, 7) is 8.02. The lowest BCUT2D eigenvalue weighted by Crippen LogP contribution is -2.31. The van der Waals surface area contributed by atoms with Gasteiger partial charge >= 0.3 is 0 Å². The number of likely N-dealkylation sites (tertiary alicyclic amines) is 1. The highest BCUT2D eigenvalue weighted by Crippen LogP contribution is 2.40. The van der Waals surface area contributed by atoms with Gasteiger partial charge in [0, 0.05) is 25.8 Å². The molecule has 1 aliphatic rings. The van der Waals surface area contributed by atoms with Gasteiger partial charge in [0.15, 0.2) is 0 Å². The molecule has 0 spiro atoms. The number of aliphatic hydroxyl groups is 1. The van der Waals surface area contributed by atoms with E-state index >= 15 is 0 Å². The van der Waals surface area contributed by atoms with Crippen molar-refractivity contribution in [2.75, 3.05) is 33.5 Å². The van der Waals surface area contributed by atoms with Gasteiger partial charge < -0.3 is 24.2 Å². The fourth-order valence-corrected chi connectivity index (χ4v) is 4.05. The van der Waals surface area contributed by atoms with Crippen molar-refractivity contribution in [3.8, 4) is 11.5 Å². The molecule has 35 heavy (non-hydrogen) atoms. The molecule has 0 saturated carbocycles. The van der Waals surface area contributed by atoms with Crippen LogP contribution in [0.3, 0.4) is 0 Å². The molecule has 3 rings (SSSR count). The zero-order chi connectivity index (χ0) is 25.4. The molecule has 7 heteroatoms. The van der Waals surface area contributed by atoms with Gasteiger partial charge in [0.1, 0.15) is 17.3 Å². The van der Waals surface area contributed by atoms with Crippen molar-refractivity contribution in [3.63, 3.8) is 0 Å². The molecule has 1 amide bonds. The average Bonchev–Trinajstić information content (AvgIpc) is 3.09. The molecule has 188 valence electrons. The van der Waals surface area contributed by atoms with Gasteiger partial charge in [-0.25, -0.2) is 0 Å². The van der Waals surface area contributed by atoms with Crippen LogP contribution in [0.4, 0.5) is 0 Å². The van der Waals surface area contributed by atoms with Gasteiger partial charge in [-0.05, 0) is 67.6 Å². The number of carbonyl (C=O) groups is 2. The van der Waals surface area contributed by atoms with Crippen molar-refractivity contribution >= 4 is 17.4 Å². The van der Waals surface area contributed by atoms with E-state index in [4.69, 9.17) is 14.2 Å². The van der Waals surface area contributed by atoms with E-state index in [2.05, 4.69) is 13.8 Å². The third kappa shape index (κ3) is 6.42. The zero-order valence-corrected chi connectivity index (χ0v) is 21.0. The number of rotatable bonds is 12. The van der Waals surface area contributed by atoms with Gasteiger partial charge in [0.2, 0.25) is 0 Å². The van der Waals surface area contributed by atoms with Gasteiger partial charge in [0.05, 0.1) is 24.8 Å². The number of Topliss-reactive ketones (excluding diaryl/α,β-unsaturated/α-hetero) is 1. The van der Waals surface area contributed by atoms with Gasteiger partial charge in [-0.2, -0.15) is 0 Å². The first kappa shape index (κ1) is 26.3. The van der Waals surface area contributed by atoms with E-state index in [0.717, 1.165) is 6.42 Å². The summed E-state index contributed by atoms with van der Waals surface area (Å²) in [6, 6.07) is 13.5. The molecular formula is C28H35NO6. The molecule has 1 N–H and O–H groups in total. The molecule has 1 aliphatic heterocycles. The molecule has 1 unspecified atom stereocenters. The van der Waals surface area contributed by atoms with Gasteiger partial charge in [0.25, 0.3) is 11.7 Å². The summed E-state index contributed by atoms with van der Waals surface area (Å²) < 4.78 is 16.5. The Hall–Kier alpha value is -3.32. The maximum atomic E-state index is 13.2. The Morgan fingerprint density at radius 3 is 2.43 bits per heavy atom. The Kier molecular flexibility index (Phi) is 9.32. The van der Waals surface area contributed by atoms with Gasteiger partial charge in [-0.3, -0.25) is 9.59 Å². The van der Waals surface area contributed by atoms with Crippen LogP contribution in [0.1, 0.15) is 50.8 Å². The number of ether oxygens (including phenoxy) is 3. The average molecular weight is 482 g/mol. The van der Waals surface area contributed by atoms with E-state index < -0.39 is 17.7 Å². The summed E-state index contributed by atoms with van der Waals surface area (Å²) in [6.07, 6.45) is 1.48. The molecule has 0 bridgehead atoms. The first-order valence-corrected chi connectivity index (χ1v) is 12.1. The summed E-state index contributed by atoms with van der Waals surface area (Å²) >= 11 is 0. The van der Waals surface area contributed by atoms with Crippen LogP contribution in [0, 0.1) is 5.92 Å². The summed E-state index contributed by atoms with van der Waals surface area (Å²) in [5, 5.41) is 11.2. The smallest absolute Gasteiger partial charge is 0.295 e. The maximum absolute atomic E-state index is 13.2. The van der Waals surface area contributed by atoms with Crippen molar-refractivity contribution in [2.45, 2.75) is 39.7 Å². The summed E-state index contributed by atoms with van der Waals surface area (Å²) in [5.74, 6) is 0.283. The SMILES string of the molecule is CCOc1ccc(/C(O)=C2\C(=O)C(=O)N(CCCOC)C2c2cccc(OCCC(C)C)c2)cc1. The third-order valence-electron chi connectivity index (χ3n) is 5.86. The van der Waals surface area contributed by atoms with E-state index in [1.165, 1.54) is 4.90 Å². The summed E-state index contributed by atoms with van der Waals surface area (Å²) in [4.78, 5) is 27.7. The fraction of sp³-hybridized carbons (Fsp3) is 0.429. The van der Waals surface area contributed by atoms with Crippen molar-refractivity contribution in [1.82, 2.24) is 4.90 Å². The Morgan fingerprint density at radius 2 is 1.77 bits per heavy atom. The highest BCUT2D eigenvalue weighted by molar-refractivity contribution is 6.46. The standard InChI is InChI=1S/C28H35NO6/c1-5-34-22-12-10-20(11-13-22)26(30)24-25(29(15-7-16-33-4)28(32)27(24)31)21-8-6-9-23(18-21)35-17-14-19(2)3/h6,8-13,18-19,25,30H,5,7,14-17H2,1-4H3/b26-24+. The van der Waals surface area contributed by atoms with E-state index in [9.17, 15) is 14.7 Å². The minimum absolute atomic E-state index is 0.0657. The Bertz CT molecular complexity index is 1040. The van der Waals surface area contributed by atoms with Crippen LogP contribution >= 0.6 is 0 Å². The Labute approximate surface area is 207 Å². The second kappa shape index (κ2) is 12.4. The van der Waals surface area contributed by atoms with Crippen LogP contribution in [-0.2, 0) is 14.3 Å². The number of nitrogens with zero attached hydrogens (tertiary/aromatic N) is 1. The lowest BCUT2D eigenvalue weighted by Gasteiger charge is -2.25. The molecule has 7 nitrogen and oxygen atoms in total. The van der Waals surface area contributed by atoms with E-state index in [1.807, 2.05) is 31.2 Å². The fourth-order valence-electron chi connectivity index (χ4n) is 4.05. The van der Waals surface area contributed by atoms with Crippen LogP contribution in [0.5, 0.6) is 11.5 Å². The molecule has 1 heterocycles. The minimum atomic E-state index is -0.730. The first-order valence-electron chi connectivity index (χ1n) is 12.1. The largest absolute Gasteiger partial charge is 0.507 e. The zero-order valence-electron chi connectivity index (χ0n) is 21.0. The van der Waals surface area contributed by atoms with E-state index in [0.29, 0.717) is 61.3 Å². The van der Waals surface area contributed by atoms with Gasteiger partial charge in [-0.15, -0.1) is 0 Å². The minimum Gasteiger partial charge on any atom is -0.507 e. The number of methoxy groups -OCH3 is 1. The molecule has 2 aromatic rings. The number of aliphatic hydroxyl groups excluding tert-OH is 1. The van der Waals surface area contributed by atoms with Crippen LogP contribution < -0.4 is 9.47 Å². The number of benzene rings is 2. The molecule has 1 fully saturated rings. The molecular weight excluding hydrogens is 446 g/mol. The first-order chi connectivity index (χ1) is 16.9. The Morgan fingerprint density at radius 1 is 1.03 bits per heavy atom. The van der Waals surface area contributed by atoms with E-state index in [1.54, 1.807) is 31.4 Å². The second-order valence-corrected chi connectivity index (χ2v) is 8.90. The van der Waals surface area contributed by atoms with Crippen molar-refractivity contribution in [1.29, 1.82) is 0 Å².